The first-order chi connectivity index (χ1) is 10.9. The zero-order chi connectivity index (χ0) is 21.8. The zero-order valence-electron chi connectivity index (χ0n) is 10.9. The lowest BCUT2D eigenvalue weighted by atomic mass is 10.7. The van der Waals surface area contributed by atoms with Crippen LogP contribution in [0.1, 0.15) is 0 Å². The molecular weight excluding hydrogens is 465 g/mol. The van der Waals surface area contributed by atoms with Gasteiger partial charge in [-0.05, 0) is 0 Å². The van der Waals surface area contributed by atoms with Crippen molar-refractivity contribution in [3.05, 3.63) is 0 Å². The molecule has 1 unspecified atom stereocenters. The van der Waals surface area contributed by atoms with E-state index >= 15 is 0 Å². The Morgan fingerprint density at radius 2 is 0.846 bits per heavy atom. The van der Waals surface area contributed by atoms with Crippen molar-refractivity contribution in [1.82, 2.24) is 4.86 Å². The van der Waals surface area contributed by atoms with Crippen molar-refractivity contribution in [2.24, 2.45) is 0 Å². The SMILES string of the molecule is O=[PH](NP(=O)(C(F)(F)C(F)(F)F)C(F)(F)C(F)(F)F)C(F)(F)C(F)(F)F. The summed E-state index contributed by atoms with van der Waals surface area (Å²) in [5.74, 6) is 0. The van der Waals surface area contributed by atoms with Gasteiger partial charge in [-0.2, -0.15) is 65.9 Å². The smallest absolute Gasteiger partial charge is 0.303 e. The van der Waals surface area contributed by atoms with E-state index in [9.17, 15) is 75.0 Å². The van der Waals surface area contributed by atoms with E-state index in [4.69, 9.17) is 0 Å². The summed E-state index contributed by atoms with van der Waals surface area (Å²) in [6.45, 7) is 0. The van der Waals surface area contributed by atoms with E-state index in [0.717, 1.165) is 0 Å². The van der Waals surface area contributed by atoms with Gasteiger partial charge >= 0.3 is 42.8 Å². The Kier molecular flexibility index (Phi) is 6.31. The van der Waals surface area contributed by atoms with Gasteiger partial charge in [0.2, 0.25) is 7.95 Å². The van der Waals surface area contributed by atoms with Crippen molar-refractivity contribution >= 4 is 15.2 Å². The molecule has 0 heterocycles. The van der Waals surface area contributed by atoms with E-state index < -0.39 is 55.6 Å². The molecule has 0 aromatic carbocycles. The van der Waals surface area contributed by atoms with Gasteiger partial charge in [-0.3, -0.25) is 4.57 Å². The molecule has 0 aromatic rings. The number of alkyl halides is 15. The third-order valence-electron chi connectivity index (χ3n) is 2.37. The highest BCUT2D eigenvalue weighted by Gasteiger charge is 2.84. The molecule has 0 fully saturated rings. The van der Waals surface area contributed by atoms with Crippen LogP contribution in [0, 0.1) is 0 Å². The van der Waals surface area contributed by atoms with E-state index in [1.807, 2.05) is 0 Å². The van der Waals surface area contributed by atoms with Crippen LogP contribution in [0.5, 0.6) is 0 Å². The molecule has 0 aliphatic carbocycles. The summed E-state index contributed by atoms with van der Waals surface area (Å²) in [6.07, 6.45) is -22.1. The molecular formula is C6H2F15NO2P2. The number of nitrogens with one attached hydrogen (secondary N) is 1. The first-order valence-electron chi connectivity index (χ1n) is 5.14. The Balaban J connectivity index is 6.62. The van der Waals surface area contributed by atoms with Gasteiger partial charge in [-0.15, -0.1) is 0 Å². The molecule has 0 aliphatic rings. The lowest BCUT2D eigenvalue weighted by Crippen LogP contribution is -2.51. The van der Waals surface area contributed by atoms with Crippen LogP contribution >= 0.6 is 15.2 Å². The summed E-state index contributed by atoms with van der Waals surface area (Å²) in [5, 5.41) is 0. The van der Waals surface area contributed by atoms with Crippen molar-refractivity contribution in [2.75, 3.05) is 0 Å². The van der Waals surface area contributed by atoms with Gasteiger partial charge in [0, 0.05) is 0 Å². The fourth-order valence-corrected chi connectivity index (χ4v) is 5.17. The third-order valence-corrected chi connectivity index (χ3v) is 7.39. The van der Waals surface area contributed by atoms with Gasteiger partial charge in [-0.1, -0.05) is 0 Å². The maximum atomic E-state index is 13.0. The highest BCUT2D eigenvalue weighted by atomic mass is 31.2. The Labute approximate surface area is 132 Å². The maximum absolute atomic E-state index is 13.0. The number of hydrogen-bond donors (Lipinski definition) is 1. The van der Waals surface area contributed by atoms with Crippen LogP contribution in [0.15, 0.2) is 0 Å². The molecule has 0 aliphatic heterocycles. The molecule has 0 aromatic heterocycles. The van der Waals surface area contributed by atoms with Gasteiger partial charge in [0.1, 0.15) is 0 Å². The van der Waals surface area contributed by atoms with Crippen LogP contribution in [-0.4, -0.2) is 35.5 Å². The normalized spacial score (nSPS) is 17.3. The molecule has 1 N–H and O–H groups in total. The van der Waals surface area contributed by atoms with Gasteiger partial charge in [0.05, 0.1) is 0 Å². The summed E-state index contributed by atoms with van der Waals surface area (Å²) in [7, 11) is -15.7. The van der Waals surface area contributed by atoms with Crippen molar-refractivity contribution in [1.29, 1.82) is 0 Å². The molecule has 0 amide bonds. The number of rotatable bonds is 5. The van der Waals surface area contributed by atoms with Crippen LogP contribution in [0.2, 0.25) is 0 Å². The minimum atomic E-state index is -9.00. The first kappa shape index (κ1) is 25.4. The maximum Gasteiger partial charge on any atom is 0.462 e. The largest absolute Gasteiger partial charge is 0.462 e. The standard InChI is InChI=1S/C6H2F15NO2P2/c7-1(8,9)4(16,17)25(23)22-26(24,5(18,19)2(10,11)12)6(20,21)3(13,14)15/h25H,(H,22,23,24). The van der Waals surface area contributed by atoms with Gasteiger partial charge in [-0.25, -0.2) is 4.86 Å². The Bertz CT molecular complexity index is 571. The van der Waals surface area contributed by atoms with Crippen molar-refractivity contribution in [3.63, 3.8) is 0 Å². The van der Waals surface area contributed by atoms with Crippen molar-refractivity contribution < 1.29 is 75.0 Å². The second-order valence-electron chi connectivity index (χ2n) is 4.20. The molecule has 0 radical (unpaired) electrons. The minimum absolute atomic E-state index is 1.07. The molecule has 0 rings (SSSR count). The van der Waals surface area contributed by atoms with Crippen molar-refractivity contribution in [2.45, 2.75) is 35.5 Å². The molecule has 3 nitrogen and oxygen atoms in total. The van der Waals surface area contributed by atoms with Crippen LogP contribution in [0.25, 0.3) is 0 Å². The first-order valence-corrected chi connectivity index (χ1v) is 8.26. The quantitative estimate of drug-likeness (QED) is 0.411. The topological polar surface area (TPSA) is 46.2 Å². The number of hydrogen-bond acceptors (Lipinski definition) is 2. The molecule has 0 saturated heterocycles. The van der Waals surface area contributed by atoms with E-state index in [0.29, 0.717) is 0 Å². The van der Waals surface area contributed by atoms with Crippen LogP contribution in [0.4, 0.5) is 65.9 Å². The summed E-state index contributed by atoms with van der Waals surface area (Å²) >= 11 is 0. The van der Waals surface area contributed by atoms with Gasteiger partial charge in [0.25, 0.3) is 0 Å². The molecule has 0 bridgehead atoms. The molecule has 26 heavy (non-hydrogen) atoms. The minimum Gasteiger partial charge on any atom is -0.303 e. The summed E-state index contributed by atoms with van der Waals surface area (Å²) in [5.41, 5.74) is -22.2. The number of halogens is 15. The third kappa shape index (κ3) is 3.81. The van der Waals surface area contributed by atoms with Crippen molar-refractivity contribution in [3.8, 4) is 0 Å². The predicted octanol–water partition coefficient (Wildman–Crippen LogP) is 5.79. The second kappa shape index (κ2) is 6.47. The van der Waals surface area contributed by atoms with Gasteiger partial charge < -0.3 is 4.57 Å². The Morgan fingerprint density at radius 1 is 0.577 bits per heavy atom. The average Bonchev–Trinajstić information content (AvgIpc) is 2.33. The van der Waals surface area contributed by atoms with E-state index in [1.54, 1.807) is 0 Å². The van der Waals surface area contributed by atoms with Crippen LogP contribution in [-0.2, 0) is 9.13 Å². The monoisotopic (exact) mass is 467 g/mol. The lowest BCUT2D eigenvalue weighted by molar-refractivity contribution is -0.266. The van der Waals surface area contributed by atoms with E-state index in [-0.39, 0.29) is 0 Å². The molecule has 158 valence electrons. The summed E-state index contributed by atoms with van der Waals surface area (Å²) in [4.78, 5) is -1.07. The summed E-state index contributed by atoms with van der Waals surface area (Å²) in [6, 6.07) is 0. The highest BCUT2D eigenvalue weighted by Crippen LogP contribution is 2.77. The van der Waals surface area contributed by atoms with Crippen LogP contribution in [0.3, 0.4) is 0 Å². The fourth-order valence-electron chi connectivity index (χ4n) is 1.02. The average molecular weight is 467 g/mol. The van der Waals surface area contributed by atoms with Gasteiger partial charge in [0.15, 0.2) is 0 Å². The van der Waals surface area contributed by atoms with Crippen LogP contribution < -0.4 is 4.86 Å². The molecule has 20 heteroatoms. The fraction of sp³-hybridized carbons (Fsp3) is 1.00. The Morgan fingerprint density at radius 3 is 1.04 bits per heavy atom. The highest BCUT2D eigenvalue weighted by molar-refractivity contribution is 7.72. The summed E-state index contributed by atoms with van der Waals surface area (Å²) < 4.78 is 207. The lowest BCUT2D eigenvalue weighted by Gasteiger charge is -2.35. The molecule has 0 spiro atoms. The zero-order valence-corrected chi connectivity index (χ0v) is 12.8. The predicted molar refractivity (Wildman–Crippen MR) is 52.7 cm³/mol. The Hall–Kier alpha value is -0.630. The van der Waals surface area contributed by atoms with E-state index in [2.05, 4.69) is 0 Å². The molecule has 0 saturated carbocycles. The second-order valence-corrected chi connectivity index (χ2v) is 8.72. The van der Waals surface area contributed by atoms with E-state index in [1.165, 1.54) is 0 Å². The molecule has 1 atom stereocenters.